The first-order chi connectivity index (χ1) is 39.4. The molecule has 0 aliphatic carbocycles. The maximum Gasteiger partial charge on any atom is 0.255 e. The van der Waals surface area contributed by atoms with Gasteiger partial charge in [-0.2, -0.15) is 0 Å². The van der Waals surface area contributed by atoms with Gasteiger partial charge in [0.1, 0.15) is 14.1 Å². The average Bonchev–Trinajstić information content (AvgIpc) is 3.28. The summed E-state index contributed by atoms with van der Waals surface area (Å²) < 4.78 is 3.95. The Hall–Kier alpha value is -8.50. The molecule has 7 N–H and O–H groups in total. The second kappa shape index (κ2) is 32.4. The summed E-state index contributed by atoms with van der Waals surface area (Å²) in [5.74, 6) is -0.320. The molecule has 0 spiro atoms. The van der Waals surface area contributed by atoms with E-state index in [-0.39, 0.29) is 43.0 Å². The van der Waals surface area contributed by atoms with Crippen molar-refractivity contribution in [2.75, 3.05) is 70.3 Å². The molecule has 413 valence electrons. The Bertz CT molecular complexity index is 3700. The number of halogens is 3. The lowest BCUT2D eigenvalue weighted by Gasteiger charge is -2.14. The van der Waals surface area contributed by atoms with Crippen molar-refractivity contribution in [3.05, 3.63) is 223 Å². The Morgan fingerprint density at radius 2 is 0.881 bits per heavy atom. The van der Waals surface area contributed by atoms with Crippen LogP contribution in [0.15, 0.2) is 207 Å². The Morgan fingerprint density at radius 3 is 1.30 bits per heavy atom. The number of rotatable bonds is 14. The molecule has 0 atom stereocenters. The standard InChI is InChI=1S/C30H28N6O.C19H18N4O.C11H11ClN2.B7.2ClH/c1-35(2)26-12-13-27-28(14-17-31-29(27)20-26)33-23-6-4-21(5-7-23)30(37)34-24-10-8-22(9-11-24)32-25-15-18-36(3)19-16-25;1-23-12-10-18(11-13-23)21-16-6-8-17(9-7-16)22-19(24)14-2-4-15(20)5-3-14;1-14(2)8-3-4-9-10(12)5-6-13-11(9)7-8;1-5-7(4)6(2)3;;/h4-20H,1-3H3,(H2,31,33,34,37);2-13H,1H3,(H3,20,22,24);3-7H,1-2H3;;2*1H. The van der Waals surface area contributed by atoms with Gasteiger partial charge in [0, 0.05) is 189 Å². The SMILES string of the molecule is CN(C)c1ccc2c(Cl)ccnc2c1.CN(C)c1ccc2c(Nc3ccc(C(=O)Nc4ccc(Nc5cc[n+](C)cc5)cc4)cc3)ccnc2c1.C[n+]1ccc(Nc2ccc(NC(=O)c3ccc(N)cc3)cc2)cc1.[B][B]B([B])B([B])[B].[Cl-].[Cl-]. The summed E-state index contributed by atoms with van der Waals surface area (Å²) in [5, 5.41) is 18.7. The van der Waals surface area contributed by atoms with Crippen molar-refractivity contribution in [1.29, 1.82) is 0 Å². The van der Waals surface area contributed by atoms with Gasteiger partial charge in [0.25, 0.3) is 11.8 Å². The minimum Gasteiger partial charge on any atom is -1.00 e. The molecule has 10 aromatic rings. The van der Waals surface area contributed by atoms with Gasteiger partial charge in [-0.1, -0.05) is 11.6 Å². The Balaban J connectivity index is 0.000000234. The number of aryl methyl sites for hydroxylation is 2. The number of hydrogen-bond donors (Lipinski definition) is 6. The number of nitrogens with zero attached hydrogens (tertiary/aromatic N) is 6. The van der Waals surface area contributed by atoms with E-state index in [1.807, 2.05) is 202 Å². The number of fused-ring (bicyclic) bond motifs is 2. The van der Waals surface area contributed by atoms with Crippen molar-refractivity contribution in [3.8, 4) is 0 Å². The molecule has 0 saturated heterocycles. The number of hydrogen-bond acceptors (Lipinski definition) is 10. The molecule has 6 aromatic carbocycles. The van der Waals surface area contributed by atoms with Crippen LogP contribution in [0, 0.1) is 0 Å². The Morgan fingerprint density at radius 1 is 0.512 bits per heavy atom. The van der Waals surface area contributed by atoms with Gasteiger partial charge in [0.15, 0.2) is 24.8 Å². The zero-order valence-corrected chi connectivity index (χ0v) is 49.7. The molecule has 0 bridgehead atoms. The van der Waals surface area contributed by atoms with Crippen molar-refractivity contribution in [2.45, 2.75) is 0 Å². The van der Waals surface area contributed by atoms with Crippen LogP contribution in [-0.4, -0.2) is 101 Å². The molecule has 0 fully saturated rings. The van der Waals surface area contributed by atoms with Crippen molar-refractivity contribution < 1.29 is 43.5 Å². The molecule has 4 heterocycles. The largest absolute Gasteiger partial charge is 1.00 e. The van der Waals surface area contributed by atoms with Crippen LogP contribution in [0.3, 0.4) is 0 Å². The minimum atomic E-state index is -0.537. The number of aromatic nitrogens is 4. The van der Waals surface area contributed by atoms with E-state index in [1.165, 1.54) is 7.06 Å². The zero-order chi connectivity index (χ0) is 58.7. The highest BCUT2D eigenvalue weighted by molar-refractivity contribution is 7.81. The van der Waals surface area contributed by atoms with Crippen LogP contribution in [0.1, 0.15) is 20.7 Å². The summed E-state index contributed by atoms with van der Waals surface area (Å²) >= 11 is 6.04. The molecule has 10 rings (SSSR count). The van der Waals surface area contributed by atoms with Crippen molar-refractivity contribution in [3.63, 3.8) is 0 Å². The van der Waals surface area contributed by atoms with Gasteiger partial charge in [0.2, 0.25) is 0 Å². The van der Waals surface area contributed by atoms with Crippen LogP contribution in [0.25, 0.3) is 21.8 Å². The van der Waals surface area contributed by atoms with Gasteiger partial charge in [-0.15, -0.1) is 0 Å². The van der Waals surface area contributed by atoms with E-state index in [9.17, 15) is 9.59 Å². The maximum atomic E-state index is 12.8. The maximum absolute atomic E-state index is 12.8. The van der Waals surface area contributed by atoms with Gasteiger partial charge in [-0.25, -0.2) is 9.13 Å². The lowest BCUT2D eigenvalue weighted by atomic mass is 8.76. The smallest absolute Gasteiger partial charge is 0.255 e. The predicted molar refractivity (Wildman–Crippen MR) is 349 cm³/mol. The number of nitrogen functional groups attached to an aromatic ring is 1. The van der Waals surface area contributed by atoms with E-state index in [0.29, 0.717) is 16.8 Å². The van der Waals surface area contributed by atoms with Gasteiger partial charge >= 0.3 is 0 Å². The zero-order valence-electron chi connectivity index (χ0n) is 47.4. The van der Waals surface area contributed by atoms with E-state index in [2.05, 4.69) is 59.7 Å². The van der Waals surface area contributed by atoms with E-state index < -0.39 is 6.39 Å². The topological polar surface area (TPSA) is 160 Å². The van der Waals surface area contributed by atoms with Crippen molar-refractivity contribution >= 4 is 159 Å². The normalized spacial score (nSPS) is 9.99. The summed E-state index contributed by atoms with van der Waals surface area (Å²) in [6, 6.07) is 53.5. The van der Waals surface area contributed by atoms with E-state index in [0.717, 1.165) is 83.7 Å². The molecule has 0 aliphatic heterocycles. The fraction of sp³-hybridized carbons (Fsp3) is 0.100. The molecule has 0 unspecified atom stereocenters. The van der Waals surface area contributed by atoms with Crippen molar-refractivity contribution in [2.24, 2.45) is 14.1 Å². The monoisotopic (exact) mass is 1160 g/mol. The van der Waals surface area contributed by atoms with Gasteiger partial charge in [-0.3, -0.25) is 19.6 Å². The van der Waals surface area contributed by atoms with Crippen LogP contribution in [-0.2, 0) is 14.1 Å². The molecule has 0 aliphatic rings. The summed E-state index contributed by atoms with van der Waals surface area (Å²) in [6.07, 6.45) is 10.5. The van der Waals surface area contributed by atoms with E-state index in [4.69, 9.17) is 48.3 Å². The first kappa shape index (κ1) is 66.3. The highest BCUT2D eigenvalue weighted by Gasteiger charge is 2.11. The number of carbonyl (C=O) groups is 2. The predicted octanol–water partition coefficient (Wildman–Crippen LogP) is 3.25. The summed E-state index contributed by atoms with van der Waals surface area (Å²) in [4.78, 5) is 37.8. The fourth-order valence-corrected chi connectivity index (χ4v) is 7.93. The average molecular weight is 1160 g/mol. The highest BCUT2D eigenvalue weighted by atomic mass is 35.5. The lowest BCUT2D eigenvalue weighted by Crippen LogP contribution is -3.00. The van der Waals surface area contributed by atoms with Gasteiger partial charge in [0.05, 0.1) is 27.4 Å². The summed E-state index contributed by atoms with van der Waals surface area (Å²) in [5.41, 5.74) is 18.7. The molecule has 84 heavy (non-hydrogen) atoms. The fourth-order valence-electron chi connectivity index (χ4n) is 7.71. The summed E-state index contributed by atoms with van der Waals surface area (Å²) in [7, 11) is 33.6. The number of pyridine rings is 4. The molecule has 24 heteroatoms. The van der Waals surface area contributed by atoms with E-state index in [1.54, 1.807) is 42.7 Å². The molecular weight excluding hydrogens is 1100 g/mol. The molecule has 14 nitrogen and oxygen atoms in total. The summed E-state index contributed by atoms with van der Waals surface area (Å²) in [6.45, 7) is 0. The molecule has 0 saturated carbocycles. The minimum absolute atomic E-state index is 0. The van der Waals surface area contributed by atoms with Crippen LogP contribution in [0.4, 0.5) is 62.6 Å². The number of amides is 2. The van der Waals surface area contributed by atoms with Gasteiger partial charge < -0.3 is 66.9 Å². The number of nitrogens with two attached hydrogens (primary N) is 1. The Labute approximate surface area is 516 Å². The number of carbonyl (C=O) groups excluding carboxylic acids is 2. The molecule has 4 aromatic heterocycles. The Kier molecular flexibility index (Phi) is 25.6. The second-order valence-corrected chi connectivity index (χ2v) is 19.7. The molecule has 2 amide bonds. The first-order valence-electron chi connectivity index (χ1n) is 26.0. The van der Waals surface area contributed by atoms with Crippen LogP contribution < -0.4 is 76.1 Å². The highest BCUT2D eigenvalue weighted by Crippen LogP contribution is 2.29. The molecular formula is C60H59B7Cl3N12O2. The quantitative estimate of drug-likeness (QED) is 0.0543. The van der Waals surface area contributed by atoms with E-state index >= 15 is 0 Å². The number of anilines is 11. The number of benzene rings is 6. The first-order valence-corrected chi connectivity index (χ1v) is 26.4. The van der Waals surface area contributed by atoms with Crippen LogP contribution >= 0.6 is 11.6 Å². The van der Waals surface area contributed by atoms with Crippen LogP contribution in [0.2, 0.25) is 5.02 Å². The third-order valence-electron chi connectivity index (χ3n) is 12.5. The van der Waals surface area contributed by atoms with Crippen molar-refractivity contribution in [1.82, 2.24) is 9.97 Å². The molecule has 9 radical (unpaired) electrons. The van der Waals surface area contributed by atoms with Gasteiger partial charge in [-0.05, 0) is 146 Å². The third-order valence-corrected chi connectivity index (χ3v) is 12.8. The second-order valence-electron chi connectivity index (χ2n) is 19.3. The lowest BCUT2D eigenvalue weighted by molar-refractivity contribution is -0.671. The number of nitrogens with one attached hydrogen (secondary N) is 5. The third kappa shape index (κ3) is 19.9. The van der Waals surface area contributed by atoms with Crippen LogP contribution in [0.5, 0.6) is 0 Å².